The quantitative estimate of drug-likeness (QED) is 0.867. The second-order valence-corrected chi connectivity index (χ2v) is 5.59. The normalized spacial score (nSPS) is 16.8. The summed E-state index contributed by atoms with van der Waals surface area (Å²) in [5.74, 6) is -0.311. The maximum absolute atomic E-state index is 12.1. The molecule has 0 unspecified atom stereocenters. The molecule has 1 aromatic rings. The van der Waals surface area contributed by atoms with Crippen LogP contribution in [0.15, 0.2) is 18.2 Å². The maximum atomic E-state index is 12.1. The zero-order valence-electron chi connectivity index (χ0n) is 11.9. The standard InChI is InChI=1S/C14H18ClF2N3O2/c15-11-7-10(1-2-12(11)22-14(16)17)19-13(21)8-20-5-3-9(18)4-6-20/h1-2,7,9,14H,3-6,8,18H2,(H,19,21). The van der Waals surface area contributed by atoms with Gasteiger partial charge < -0.3 is 15.8 Å². The van der Waals surface area contributed by atoms with Gasteiger partial charge >= 0.3 is 6.61 Å². The van der Waals surface area contributed by atoms with Gasteiger partial charge in [0.15, 0.2) is 0 Å². The average Bonchev–Trinajstić information content (AvgIpc) is 2.44. The second kappa shape index (κ2) is 7.71. The van der Waals surface area contributed by atoms with Crippen LogP contribution >= 0.6 is 11.6 Å². The molecule has 0 saturated carbocycles. The zero-order valence-corrected chi connectivity index (χ0v) is 12.7. The lowest BCUT2D eigenvalue weighted by atomic mass is 10.1. The number of halogens is 3. The third-order valence-electron chi connectivity index (χ3n) is 3.43. The summed E-state index contributed by atoms with van der Waals surface area (Å²) in [5, 5.41) is 2.70. The van der Waals surface area contributed by atoms with Gasteiger partial charge in [0.25, 0.3) is 0 Å². The summed E-state index contributed by atoms with van der Waals surface area (Å²) in [6.45, 7) is -1.10. The zero-order chi connectivity index (χ0) is 16.1. The van der Waals surface area contributed by atoms with E-state index >= 15 is 0 Å². The van der Waals surface area contributed by atoms with Gasteiger partial charge in [-0.1, -0.05) is 11.6 Å². The fraction of sp³-hybridized carbons (Fsp3) is 0.500. The molecule has 1 amide bonds. The summed E-state index contributed by atoms with van der Waals surface area (Å²) in [5.41, 5.74) is 6.24. The van der Waals surface area contributed by atoms with Crippen LogP contribution in [0.4, 0.5) is 14.5 Å². The number of ether oxygens (including phenoxy) is 1. The number of amides is 1. The maximum Gasteiger partial charge on any atom is 0.387 e. The summed E-state index contributed by atoms with van der Waals surface area (Å²) in [6.07, 6.45) is 1.75. The third kappa shape index (κ3) is 5.08. The largest absolute Gasteiger partial charge is 0.433 e. The Morgan fingerprint density at radius 1 is 1.45 bits per heavy atom. The molecule has 3 N–H and O–H groups in total. The minimum absolute atomic E-state index is 0.0158. The van der Waals surface area contributed by atoms with Gasteiger partial charge in [-0.3, -0.25) is 9.69 Å². The number of rotatable bonds is 5. The molecule has 1 heterocycles. The molecule has 22 heavy (non-hydrogen) atoms. The van der Waals surface area contributed by atoms with Crippen LogP contribution in [0.3, 0.4) is 0 Å². The molecule has 1 saturated heterocycles. The number of piperidine rings is 1. The van der Waals surface area contributed by atoms with Crippen LogP contribution in [0.25, 0.3) is 0 Å². The van der Waals surface area contributed by atoms with Crippen LogP contribution in [-0.2, 0) is 4.79 Å². The van der Waals surface area contributed by atoms with E-state index < -0.39 is 6.61 Å². The van der Waals surface area contributed by atoms with Crippen LogP contribution < -0.4 is 15.8 Å². The van der Waals surface area contributed by atoms with Gasteiger partial charge in [0, 0.05) is 24.8 Å². The molecule has 0 radical (unpaired) electrons. The Morgan fingerprint density at radius 2 is 2.14 bits per heavy atom. The lowest BCUT2D eigenvalue weighted by Crippen LogP contribution is -2.43. The number of nitrogens with two attached hydrogens (primary N) is 1. The second-order valence-electron chi connectivity index (χ2n) is 5.19. The van der Waals surface area contributed by atoms with Crippen molar-refractivity contribution in [2.45, 2.75) is 25.5 Å². The van der Waals surface area contributed by atoms with Crippen LogP contribution in [0.1, 0.15) is 12.8 Å². The van der Waals surface area contributed by atoms with E-state index in [0.29, 0.717) is 5.69 Å². The van der Waals surface area contributed by atoms with E-state index in [-0.39, 0.29) is 29.3 Å². The Hall–Kier alpha value is -1.44. The summed E-state index contributed by atoms with van der Waals surface area (Å²) >= 11 is 5.83. The van der Waals surface area contributed by atoms with Crippen molar-refractivity contribution in [3.8, 4) is 5.75 Å². The molecule has 2 rings (SSSR count). The minimum Gasteiger partial charge on any atom is -0.433 e. The van der Waals surface area contributed by atoms with E-state index in [2.05, 4.69) is 10.1 Å². The van der Waals surface area contributed by atoms with Crippen molar-refractivity contribution in [1.29, 1.82) is 0 Å². The molecule has 0 aromatic heterocycles. The Kier molecular flexibility index (Phi) is 5.93. The molecular formula is C14H18ClF2N3O2. The van der Waals surface area contributed by atoms with Crippen molar-refractivity contribution in [2.24, 2.45) is 5.73 Å². The Balaban J connectivity index is 1.87. The Labute approximate surface area is 132 Å². The molecule has 1 aromatic carbocycles. The number of benzene rings is 1. The van der Waals surface area contributed by atoms with Crippen LogP contribution in [0, 0.1) is 0 Å². The van der Waals surface area contributed by atoms with E-state index in [4.69, 9.17) is 17.3 Å². The number of anilines is 1. The van der Waals surface area contributed by atoms with Gasteiger partial charge in [-0.15, -0.1) is 0 Å². The molecule has 5 nitrogen and oxygen atoms in total. The first-order chi connectivity index (χ1) is 10.4. The fourth-order valence-corrected chi connectivity index (χ4v) is 2.51. The Morgan fingerprint density at radius 3 is 2.73 bits per heavy atom. The topological polar surface area (TPSA) is 67.6 Å². The molecule has 8 heteroatoms. The third-order valence-corrected chi connectivity index (χ3v) is 3.73. The lowest BCUT2D eigenvalue weighted by Gasteiger charge is -2.29. The Bertz CT molecular complexity index is 523. The molecule has 0 aliphatic carbocycles. The van der Waals surface area contributed by atoms with E-state index in [1.165, 1.54) is 18.2 Å². The van der Waals surface area contributed by atoms with E-state index in [1.54, 1.807) is 0 Å². The first-order valence-corrected chi connectivity index (χ1v) is 7.34. The number of nitrogens with one attached hydrogen (secondary N) is 1. The summed E-state index contributed by atoms with van der Waals surface area (Å²) in [6, 6.07) is 4.35. The van der Waals surface area contributed by atoms with Gasteiger partial charge in [-0.25, -0.2) is 0 Å². The smallest absolute Gasteiger partial charge is 0.387 e. The van der Waals surface area contributed by atoms with Crippen LogP contribution in [-0.4, -0.2) is 43.1 Å². The van der Waals surface area contributed by atoms with Gasteiger partial charge in [0.1, 0.15) is 5.75 Å². The first-order valence-electron chi connectivity index (χ1n) is 6.96. The monoisotopic (exact) mass is 333 g/mol. The molecule has 1 aliphatic heterocycles. The van der Waals surface area contributed by atoms with Gasteiger partial charge in [0.2, 0.25) is 5.91 Å². The highest BCUT2D eigenvalue weighted by Gasteiger charge is 2.18. The van der Waals surface area contributed by atoms with E-state index in [1.807, 2.05) is 4.90 Å². The van der Waals surface area contributed by atoms with Crippen molar-refractivity contribution in [3.05, 3.63) is 23.2 Å². The van der Waals surface area contributed by atoms with Gasteiger partial charge in [-0.05, 0) is 31.0 Å². The molecule has 0 atom stereocenters. The SMILES string of the molecule is NC1CCN(CC(=O)Nc2ccc(OC(F)F)c(Cl)c2)CC1. The number of hydrogen-bond donors (Lipinski definition) is 2. The van der Waals surface area contributed by atoms with Crippen molar-refractivity contribution in [2.75, 3.05) is 25.0 Å². The molecule has 0 bridgehead atoms. The number of likely N-dealkylation sites (tertiary alicyclic amines) is 1. The molecular weight excluding hydrogens is 316 g/mol. The van der Waals surface area contributed by atoms with Crippen molar-refractivity contribution < 1.29 is 18.3 Å². The predicted molar refractivity (Wildman–Crippen MR) is 80.4 cm³/mol. The van der Waals surface area contributed by atoms with Gasteiger partial charge in [-0.2, -0.15) is 8.78 Å². The number of carbonyl (C=O) groups excluding carboxylic acids is 1. The summed E-state index contributed by atoms with van der Waals surface area (Å²) < 4.78 is 28.5. The highest BCUT2D eigenvalue weighted by molar-refractivity contribution is 6.32. The summed E-state index contributed by atoms with van der Waals surface area (Å²) in [4.78, 5) is 14.0. The lowest BCUT2D eigenvalue weighted by molar-refractivity contribution is -0.117. The fourth-order valence-electron chi connectivity index (χ4n) is 2.28. The molecule has 1 aliphatic rings. The van der Waals surface area contributed by atoms with Crippen molar-refractivity contribution in [3.63, 3.8) is 0 Å². The first kappa shape index (κ1) is 16.9. The number of carbonyl (C=O) groups is 1. The number of alkyl halides is 2. The number of hydrogen-bond acceptors (Lipinski definition) is 4. The summed E-state index contributed by atoms with van der Waals surface area (Å²) in [7, 11) is 0. The van der Waals surface area contributed by atoms with Crippen LogP contribution in [0.2, 0.25) is 5.02 Å². The van der Waals surface area contributed by atoms with Crippen molar-refractivity contribution in [1.82, 2.24) is 4.90 Å². The highest BCUT2D eigenvalue weighted by atomic mass is 35.5. The average molecular weight is 334 g/mol. The molecule has 0 spiro atoms. The highest BCUT2D eigenvalue weighted by Crippen LogP contribution is 2.28. The van der Waals surface area contributed by atoms with Crippen LogP contribution in [0.5, 0.6) is 5.75 Å². The van der Waals surface area contributed by atoms with E-state index in [9.17, 15) is 13.6 Å². The minimum atomic E-state index is -2.94. The van der Waals surface area contributed by atoms with E-state index in [0.717, 1.165) is 25.9 Å². The molecule has 1 fully saturated rings. The number of nitrogens with zero attached hydrogens (tertiary/aromatic N) is 1. The van der Waals surface area contributed by atoms with Crippen molar-refractivity contribution >= 4 is 23.2 Å². The van der Waals surface area contributed by atoms with Gasteiger partial charge in [0.05, 0.1) is 11.6 Å². The molecule has 122 valence electrons. The predicted octanol–water partition coefficient (Wildman–Crippen LogP) is 2.30.